The second-order valence-electron chi connectivity index (χ2n) is 7.94. The van der Waals surface area contributed by atoms with Gasteiger partial charge in [-0.3, -0.25) is 0 Å². The van der Waals surface area contributed by atoms with Gasteiger partial charge in [-0.1, -0.05) is 87.2 Å². The molecule has 1 aliphatic rings. The molecule has 0 radical (unpaired) electrons. The molecule has 0 aliphatic heterocycles. The van der Waals surface area contributed by atoms with Crippen molar-refractivity contribution in [2.24, 2.45) is 5.92 Å². The highest BCUT2D eigenvalue weighted by Crippen LogP contribution is 2.37. The van der Waals surface area contributed by atoms with Crippen LogP contribution >= 0.6 is 0 Å². The summed E-state index contributed by atoms with van der Waals surface area (Å²) in [5.41, 5.74) is 4.49. The van der Waals surface area contributed by atoms with Gasteiger partial charge in [0.15, 0.2) is 0 Å². The summed E-state index contributed by atoms with van der Waals surface area (Å²) in [6, 6.07) is 20.4. The van der Waals surface area contributed by atoms with Gasteiger partial charge in [0.05, 0.1) is 0 Å². The van der Waals surface area contributed by atoms with E-state index in [4.69, 9.17) is 0 Å². The number of aryl methyl sites for hydroxylation is 2. The van der Waals surface area contributed by atoms with Gasteiger partial charge < -0.3 is 0 Å². The molecule has 2 aromatic rings. The molecule has 0 atom stereocenters. The van der Waals surface area contributed by atoms with Gasteiger partial charge >= 0.3 is 0 Å². The van der Waals surface area contributed by atoms with Gasteiger partial charge in [-0.05, 0) is 67.1 Å². The van der Waals surface area contributed by atoms with Crippen molar-refractivity contribution in [2.45, 2.75) is 77.0 Å². The first-order valence-electron chi connectivity index (χ1n) is 10.5. The lowest BCUT2D eigenvalue weighted by atomic mass is 9.77. The van der Waals surface area contributed by atoms with E-state index in [2.05, 4.69) is 61.5 Å². The Morgan fingerprint density at radius 2 is 1.36 bits per heavy atom. The molecule has 1 aliphatic carbocycles. The number of benzene rings is 2. The monoisotopic (exact) mass is 334 g/mol. The molecule has 0 bridgehead atoms. The number of hydrogen-bond donors (Lipinski definition) is 0. The molecule has 0 nitrogen and oxygen atoms in total. The van der Waals surface area contributed by atoms with E-state index in [1.807, 2.05) is 0 Å². The van der Waals surface area contributed by atoms with Crippen molar-refractivity contribution in [1.29, 1.82) is 0 Å². The van der Waals surface area contributed by atoms with Crippen LogP contribution in [0.3, 0.4) is 0 Å². The Labute approximate surface area is 154 Å². The van der Waals surface area contributed by atoms with Crippen molar-refractivity contribution in [3.05, 3.63) is 71.3 Å². The molecule has 0 amide bonds. The van der Waals surface area contributed by atoms with Crippen LogP contribution in [0.15, 0.2) is 54.6 Å². The lowest BCUT2D eigenvalue weighted by Gasteiger charge is -2.29. The summed E-state index contributed by atoms with van der Waals surface area (Å²) < 4.78 is 0. The fraction of sp³-hybridized carbons (Fsp3) is 0.520. The van der Waals surface area contributed by atoms with Crippen LogP contribution in [0.4, 0.5) is 0 Å². The maximum atomic E-state index is 2.41. The van der Waals surface area contributed by atoms with Crippen LogP contribution in [0.5, 0.6) is 0 Å². The third-order valence-corrected chi connectivity index (χ3v) is 6.06. The normalized spacial score (nSPS) is 20.5. The first kappa shape index (κ1) is 18.2. The zero-order valence-corrected chi connectivity index (χ0v) is 15.9. The number of unbranched alkanes of at least 4 members (excludes halogenated alkanes) is 2. The molecule has 3 rings (SSSR count). The largest absolute Gasteiger partial charge is 0.0654 e. The van der Waals surface area contributed by atoms with Crippen LogP contribution in [0.2, 0.25) is 0 Å². The second kappa shape index (κ2) is 9.80. The lowest BCUT2D eigenvalue weighted by molar-refractivity contribution is 0.303. The molecular weight excluding hydrogens is 300 g/mol. The molecule has 2 aromatic carbocycles. The fourth-order valence-electron chi connectivity index (χ4n) is 4.36. The van der Waals surface area contributed by atoms with Crippen molar-refractivity contribution in [2.75, 3.05) is 0 Å². The first-order chi connectivity index (χ1) is 12.3. The van der Waals surface area contributed by atoms with Gasteiger partial charge in [-0.2, -0.15) is 0 Å². The average Bonchev–Trinajstić information content (AvgIpc) is 2.68. The Morgan fingerprint density at radius 1 is 0.720 bits per heavy atom. The molecule has 0 spiro atoms. The zero-order chi connectivity index (χ0) is 17.3. The van der Waals surface area contributed by atoms with Crippen molar-refractivity contribution < 1.29 is 0 Å². The highest BCUT2D eigenvalue weighted by atomic mass is 14.3. The average molecular weight is 335 g/mol. The molecule has 25 heavy (non-hydrogen) atoms. The maximum absolute atomic E-state index is 2.41. The van der Waals surface area contributed by atoms with Crippen molar-refractivity contribution >= 4 is 0 Å². The maximum Gasteiger partial charge on any atom is -0.0162 e. The summed E-state index contributed by atoms with van der Waals surface area (Å²) in [6.45, 7) is 2.31. The van der Waals surface area contributed by atoms with Crippen LogP contribution < -0.4 is 0 Å². The van der Waals surface area contributed by atoms with Gasteiger partial charge in [-0.25, -0.2) is 0 Å². The van der Waals surface area contributed by atoms with E-state index in [1.165, 1.54) is 62.5 Å². The zero-order valence-electron chi connectivity index (χ0n) is 15.9. The van der Waals surface area contributed by atoms with E-state index >= 15 is 0 Å². The van der Waals surface area contributed by atoms with Gasteiger partial charge in [0.2, 0.25) is 0 Å². The topological polar surface area (TPSA) is 0 Å². The van der Waals surface area contributed by atoms with E-state index in [9.17, 15) is 0 Å². The van der Waals surface area contributed by atoms with Crippen LogP contribution in [-0.4, -0.2) is 0 Å². The third kappa shape index (κ3) is 5.73. The molecule has 1 saturated carbocycles. The number of hydrogen-bond acceptors (Lipinski definition) is 0. The Hall–Kier alpha value is -1.56. The predicted octanol–water partition coefficient (Wildman–Crippen LogP) is 7.33. The Balaban J connectivity index is 1.45. The summed E-state index contributed by atoms with van der Waals surface area (Å²) in [6.07, 6.45) is 13.7. The minimum atomic E-state index is 0.811. The third-order valence-electron chi connectivity index (χ3n) is 6.06. The van der Waals surface area contributed by atoms with Crippen molar-refractivity contribution in [1.82, 2.24) is 0 Å². The highest BCUT2D eigenvalue weighted by molar-refractivity contribution is 5.27. The minimum absolute atomic E-state index is 0.811. The molecule has 0 heterocycles. The van der Waals surface area contributed by atoms with Crippen LogP contribution in [0.25, 0.3) is 0 Å². The van der Waals surface area contributed by atoms with E-state index in [0.29, 0.717) is 0 Å². The SMILES string of the molecule is CCCCCC1CCC(c2ccc(CCc3ccccc3)cc2)CC1. The Bertz CT molecular complexity index is 588. The summed E-state index contributed by atoms with van der Waals surface area (Å²) in [4.78, 5) is 0. The highest BCUT2D eigenvalue weighted by Gasteiger charge is 2.21. The Kier molecular flexibility index (Phi) is 7.15. The fourth-order valence-corrected chi connectivity index (χ4v) is 4.36. The Morgan fingerprint density at radius 3 is 2.00 bits per heavy atom. The van der Waals surface area contributed by atoms with Gasteiger partial charge in [0.1, 0.15) is 0 Å². The van der Waals surface area contributed by atoms with Crippen molar-refractivity contribution in [3.8, 4) is 0 Å². The minimum Gasteiger partial charge on any atom is -0.0654 e. The molecule has 0 aromatic heterocycles. The summed E-state index contributed by atoms with van der Waals surface area (Å²) in [5, 5.41) is 0. The van der Waals surface area contributed by atoms with E-state index in [1.54, 1.807) is 5.56 Å². The second-order valence-corrected chi connectivity index (χ2v) is 7.94. The van der Waals surface area contributed by atoms with Crippen molar-refractivity contribution in [3.63, 3.8) is 0 Å². The molecule has 1 fully saturated rings. The molecule has 0 heteroatoms. The van der Waals surface area contributed by atoms with E-state index in [0.717, 1.165) is 24.7 Å². The van der Waals surface area contributed by atoms with Gasteiger partial charge in [0.25, 0.3) is 0 Å². The van der Waals surface area contributed by atoms with E-state index in [-0.39, 0.29) is 0 Å². The quantitative estimate of drug-likeness (QED) is 0.443. The summed E-state index contributed by atoms with van der Waals surface area (Å²) in [5.74, 6) is 1.82. The van der Waals surface area contributed by atoms with Gasteiger partial charge in [0, 0.05) is 0 Å². The first-order valence-corrected chi connectivity index (χ1v) is 10.5. The molecule has 0 saturated heterocycles. The molecule has 134 valence electrons. The predicted molar refractivity (Wildman–Crippen MR) is 109 cm³/mol. The smallest absolute Gasteiger partial charge is 0.0162 e. The number of rotatable bonds is 8. The van der Waals surface area contributed by atoms with Crippen LogP contribution in [0.1, 0.15) is 80.9 Å². The molecular formula is C25H34. The standard InChI is InChI=1S/C25H34/c1-2-3-5-8-22-13-17-24(18-14-22)25-19-15-23(16-20-25)12-11-21-9-6-4-7-10-21/h4,6-7,9-10,15-16,19-20,22,24H,2-3,5,8,11-14,17-18H2,1H3. The van der Waals surface area contributed by atoms with E-state index < -0.39 is 0 Å². The summed E-state index contributed by atoms with van der Waals surface area (Å²) in [7, 11) is 0. The molecule has 0 unspecified atom stereocenters. The van der Waals surface area contributed by atoms with Crippen LogP contribution in [-0.2, 0) is 12.8 Å². The summed E-state index contributed by atoms with van der Waals surface area (Å²) >= 11 is 0. The lowest BCUT2D eigenvalue weighted by Crippen LogP contribution is -2.13. The van der Waals surface area contributed by atoms with Crippen LogP contribution in [0, 0.1) is 5.92 Å². The molecule has 0 N–H and O–H groups in total. The van der Waals surface area contributed by atoms with Gasteiger partial charge in [-0.15, -0.1) is 0 Å².